The molecule has 2 N–H and O–H groups in total. The van der Waals surface area contributed by atoms with E-state index in [4.69, 9.17) is 20.5 Å². The first-order chi connectivity index (χ1) is 19.6. The van der Waals surface area contributed by atoms with Crippen LogP contribution in [0, 0.1) is 18.3 Å². The number of ether oxygens (including phenoxy) is 2. The van der Waals surface area contributed by atoms with E-state index in [2.05, 4.69) is 35.8 Å². The normalized spacial score (nSPS) is 11.5. The van der Waals surface area contributed by atoms with Crippen LogP contribution in [0.4, 0.5) is 5.82 Å². The molecular weight excluding hydrogens is 532 g/mol. The number of ketones is 1. The van der Waals surface area contributed by atoms with Gasteiger partial charge in [-0.2, -0.15) is 10.4 Å². The first-order valence-corrected chi connectivity index (χ1v) is 17.1. The van der Waals surface area contributed by atoms with Crippen molar-refractivity contribution in [2.24, 2.45) is 0 Å². The Balaban J connectivity index is 1.41. The Morgan fingerprint density at radius 1 is 1.05 bits per heavy atom. The molecule has 3 aromatic carbocycles. The minimum atomic E-state index is -1.25. The Bertz CT molecular complexity index is 1780. The number of rotatable bonds is 10. The van der Waals surface area contributed by atoms with Crippen LogP contribution in [0.25, 0.3) is 16.7 Å². The molecule has 9 nitrogen and oxygen atoms in total. The van der Waals surface area contributed by atoms with Gasteiger partial charge in [-0.3, -0.25) is 9.36 Å². The summed E-state index contributed by atoms with van der Waals surface area (Å²) in [4.78, 5) is 18.4. The van der Waals surface area contributed by atoms with E-state index in [-0.39, 0.29) is 29.7 Å². The number of imidazole rings is 1. The van der Waals surface area contributed by atoms with E-state index in [1.807, 2.05) is 43.3 Å². The van der Waals surface area contributed by atoms with Crippen LogP contribution in [-0.2, 0) is 11.5 Å². The number of nitriles is 1. The van der Waals surface area contributed by atoms with E-state index in [0.717, 1.165) is 17.1 Å². The number of carbonyl (C=O) groups is 1. The summed E-state index contributed by atoms with van der Waals surface area (Å²) in [6.07, 6.45) is 1.48. The molecule has 0 fully saturated rings. The summed E-state index contributed by atoms with van der Waals surface area (Å²) >= 11 is 0. The molecule has 0 saturated carbocycles. The van der Waals surface area contributed by atoms with Crippen LogP contribution in [0.2, 0.25) is 25.7 Å². The van der Waals surface area contributed by atoms with Crippen molar-refractivity contribution in [3.05, 3.63) is 95.4 Å². The van der Waals surface area contributed by atoms with Gasteiger partial charge < -0.3 is 15.2 Å². The van der Waals surface area contributed by atoms with Crippen molar-refractivity contribution in [2.45, 2.75) is 39.3 Å². The molecule has 0 radical (unpaired) electrons. The van der Waals surface area contributed by atoms with Crippen molar-refractivity contribution in [3.63, 3.8) is 0 Å². The van der Waals surface area contributed by atoms with Crippen molar-refractivity contribution < 1.29 is 14.3 Å². The van der Waals surface area contributed by atoms with Gasteiger partial charge in [0.1, 0.15) is 24.0 Å². The fourth-order valence-electron chi connectivity index (χ4n) is 4.45. The predicted molar refractivity (Wildman–Crippen MR) is 161 cm³/mol. The topological polar surface area (TPSA) is 121 Å². The summed E-state index contributed by atoms with van der Waals surface area (Å²) in [6, 6.07) is 23.2. The number of fused-ring (bicyclic) bond motifs is 1. The SMILES string of the molecule is Cc1cc(Oc2cccc(C#N)c2)ccc1-n1ncc(C(=O)c2nc3ccccc3n2COCC[Si](C)(C)C)c1N. The third kappa shape index (κ3) is 6.06. The van der Waals surface area contributed by atoms with Crippen LogP contribution < -0.4 is 10.5 Å². The number of hydrogen-bond acceptors (Lipinski definition) is 7. The van der Waals surface area contributed by atoms with Crippen LogP contribution in [0.5, 0.6) is 11.5 Å². The number of benzene rings is 3. The zero-order chi connectivity index (χ0) is 29.1. The Kier molecular flexibility index (Phi) is 7.74. The highest BCUT2D eigenvalue weighted by molar-refractivity contribution is 6.76. The quantitative estimate of drug-likeness (QED) is 0.120. The highest BCUT2D eigenvalue weighted by Crippen LogP contribution is 2.29. The second-order valence-electron chi connectivity index (χ2n) is 11.1. The average molecular weight is 565 g/mol. The molecule has 41 heavy (non-hydrogen) atoms. The van der Waals surface area contributed by atoms with E-state index >= 15 is 0 Å². The second-order valence-corrected chi connectivity index (χ2v) is 16.7. The molecule has 10 heteroatoms. The van der Waals surface area contributed by atoms with Gasteiger partial charge in [0.25, 0.3) is 0 Å². The Morgan fingerprint density at radius 3 is 2.59 bits per heavy atom. The first-order valence-electron chi connectivity index (χ1n) is 13.3. The molecule has 5 rings (SSSR count). The lowest BCUT2D eigenvalue weighted by molar-refractivity contribution is 0.0835. The van der Waals surface area contributed by atoms with Gasteiger partial charge in [-0.05, 0) is 67.1 Å². The van der Waals surface area contributed by atoms with Crippen LogP contribution in [0.15, 0.2) is 72.9 Å². The fourth-order valence-corrected chi connectivity index (χ4v) is 5.21. The molecule has 0 saturated heterocycles. The first kappa shape index (κ1) is 27.8. The predicted octanol–water partition coefficient (Wildman–Crippen LogP) is 6.32. The van der Waals surface area contributed by atoms with Crippen molar-refractivity contribution in [2.75, 3.05) is 12.3 Å². The molecule has 0 amide bonds. The summed E-state index contributed by atoms with van der Waals surface area (Å²) in [5, 5.41) is 13.6. The van der Waals surface area contributed by atoms with Gasteiger partial charge in [0, 0.05) is 14.7 Å². The lowest BCUT2D eigenvalue weighted by Gasteiger charge is -2.16. The zero-order valence-corrected chi connectivity index (χ0v) is 24.6. The number of carbonyl (C=O) groups excluding carboxylic acids is 1. The number of anilines is 1. The highest BCUT2D eigenvalue weighted by Gasteiger charge is 2.25. The van der Waals surface area contributed by atoms with Crippen molar-refractivity contribution >= 4 is 30.7 Å². The maximum Gasteiger partial charge on any atom is 0.233 e. The minimum Gasteiger partial charge on any atom is -0.457 e. The number of nitrogens with two attached hydrogens (primary N) is 1. The van der Waals surface area contributed by atoms with Crippen molar-refractivity contribution in [1.82, 2.24) is 19.3 Å². The second kappa shape index (κ2) is 11.4. The number of aromatic nitrogens is 4. The molecule has 0 spiro atoms. The standard InChI is InChI=1S/C31H32N6O3Si/c1-21-16-24(40-23-9-7-8-22(17-23)18-32)12-13-27(21)37-30(33)25(19-34-37)29(38)31-35-26-10-5-6-11-28(26)36(31)20-39-14-15-41(2,3)4/h5-13,16-17,19H,14-15,20,33H2,1-4H3. The molecule has 5 aromatic rings. The van der Waals surface area contributed by atoms with Gasteiger partial charge in [-0.15, -0.1) is 0 Å². The summed E-state index contributed by atoms with van der Waals surface area (Å²) in [5.41, 5.74) is 10.4. The monoisotopic (exact) mass is 564 g/mol. The van der Waals surface area contributed by atoms with Gasteiger partial charge in [0.2, 0.25) is 5.78 Å². The molecule has 0 atom stereocenters. The maximum absolute atomic E-state index is 13.8. The summed E-state index contributed by atoms with van der Waals surface area (Å²) in [5.74, 6) is 1.31. The molecule has 2 heterocycles. The van der Waals surface area contributed by atoms with Crippen LogP contribution in [0.3, 0.4) is 0 Å². The summed E-state index contributed by atoms with van der Waals surface area (Å²) in [7, 11) is -1.25. The molecular formula is C31H32N6O3Si. The smallest absolute Gasteiger partial charge is 0.233 e. The highest BCUT2D eigenvalue weighted by atomic mass is 28.3. The van der Waals surface area contributed by atoms with Gasteiger partial charge >= 0.3 is 0 Å². The van der Waals surface area contributed by atoms with Crippen molar-refractivity contribution in [1.29, 1.82) is 5.26 Å². The number of nitrogens with zero attached hydrogens (tertiary/aromatic N) is 5. The Hall–Kier alpha value is -4.72. The van der Waals surface area contributed by atoms with Gasteiger partial charge in [-0.25, -0.2) is 9.67 Å². The number of hydrogen-bond donors (Lipinski definition) is 1. The third-order valence-corrected chi connectivity index (χ3v) is 8.42. The van der Waals surface area contributed by atoms with E-state index in [0.29, 0.717) is 34.9 Å². The lowest BCUT2D eigenvalue weighted by atomic mass is 10.1. The van der Waals surface area contributed by atoms with Crippen LogP contribution >= 0.6 is 0 Å². The Morgan fingerprint density at radius 2 is 1.83 bits per heavy atom. The van der Waals surface area contributed by atoms with Gasteiger partial charge in [-0.1, -0.05) is 37.8 Å². The van der Waals surface area contributed by atoms with E-state index < -0.39 is 8.07 Å². The third-order valence-electron chi connectivity index (χ3n) is 6.72. The average Bonchev–Trinajstić information content (AvgIpc) is 3.51. The molecule has 0 aliphatic rings. The molecule has 0 bridgehead atoms. The molecule has 0 aliphatic carbocycles. The summed E-state index contributed by atoms with van der Waals surface area (Å²) in [6.45, 7) is 9.66. The summed E-state index contributed by atoms with van der Waals surface area (Å²) < 4.78 is 15.3. The van der Waals surface area contributed by atoms with Gasteiger partial charge in [0.05, 0.1) is 40.1 Å². The number of nitrogen functional groups attached to an aromatic ring is 1. The molecule has 2 aromatic heterocycles. The molecule has 0 aliphatic heterocycles. The fraction of sp³-hybridized carbons (Fsp3) is 0.226. The van der Waals surface area contributed by atoms with Gasteiger partial charge in [0.15, 0.2) is 5.82 Å². The maximum atomic E-state index is 13.8. The Labute approximate surface area is 239 Å². The molecule has 208 valence electrons. The lowest BCUT2D eigenvalue weighted by Crippen LogP contribution is -2.22. The van der Waals surface area contributed by atoms with Crippen LogP contribution in [0.1, 0.15) is 27.3 Å². The number of aryl methyl sites for hydroxylation is 1. The number of para-hydroxylation sites is 2. The molecule has 0 unspecified atom stereocenters. The zero-order valence-electron chi connectivity index (χ0n) is 23.6. The van der Waals surface area contributed by atoms with Crippen molar-refractivity contribution in [3.8, 4) is 23.3 Å². The van der Waals surface area contributed by atoms with E-state index in [1.54, 1.807) is 39.6 Å². The van der Waals surface area contributed by atoms with Crippen LogP contribution in [-0.4, -0.2) is 39.8 Å². The minimum absolute atomic E-state index is 0.215. The van der Waals surface area contributed by atoms with E-state index in [9.17, 15) is 4.79 Å². The largest absolute Gasteiger partial charge is 0.457 e. The van der Waals surface area contributed by atoms with E-state index in [1.165, 1.54) is 6.20 Å².